The van der Waals surface area contributed by atoms with E-state index in [0.29, 0.717) is 11.4 Å². The molecule has 30 heavy (non-hydrogen) atoms. The Morgan fingerprint density at radius 2 is 1.63 bits per heavy atom. The second-order valence-corrected chi connectivity index (χ2v) is 6.70. The average Bonchev–Trinajstić information content (AvgIpc) is 3.18. The van der Waals surface area contributed by atoms with Crippen molar-refractivity contribution in [1.82, 2.24) is 9.78 Å². The molecule has 0 saturated heterocycles. The first-order valence-corrected chi connectivity index (χ1v) is 9.28. The van der Waals surface area contributed by atoms with Gasteiger partial charge >= 0.3 is 5.97 Å². The number of nitrogens with zero attached hydrogens (tertiary/aromatic N) is 3. The molecule has 0 aliphatic heterocycles. The molecule has 1 heterocycles. The predicted molar refractivity (Wildman–Crippen MR) is 112 cm³/mol. The van der Waals surface area contributed by atoms with Crippen LogP contribution in [0.3, 0.4) is 0 Å². The summed E-state index contributed by atoms with van der Waals surface area (Å²) in [6, 6.07) is 23.9. The molecule has 7 nitrogen and oxygen atoms in total. The Balaban J connectivity index is 1.72. The van der Waals surface area contributed by atoms with E-state index in [0.717, 1.165) is 11.6 Å². The minimum Gasteiger partial charge on any atom is -0.404 e. The molecular formula is C22H14ClN3O4. The molecule has 3 aromatic carbocycles. The maximum Gasteiger partial charge on any atom is 0.346 e. The second kappa shape index (κ2) is 8.18. The maximum absolute atomic E-state index is 12.7. The number of non-ortho nitro benzene ring substituents is 1. The van der Waals surface area contributed by atoms with Crippen LogP contribution >= 0.6 is 11.6 Å². The van der Waals surface area contributed by atoms with Crippen molar-refractivity contribution >= 4 is 23.3 Å². The Labute approximate surface area is 176 Å². The lowest BCUT2D eigenvalue weighted by molar-refractivity contribution is -0.384. The molecule has 0 unspecified atom stereocenters. The molecule has 0 radical (unpaired) electrons. The van der Waals surface area contributed by atoms with E-state index in [1.807, 2.05) is 60.7 Å². The van der Waals surface area contributed by atoms with E-state index < -0.39 is 10.9 Å². The third kappa shape index (κ3) is 3.92. The van der Waals surface area contributed by atoms with Gasteiger partial charge in [0.2, 0.25) is 5.88 Å². The van der Waals surface area contributed by atoms with Crippen LogP contribution in [0.5, 0.6) is 5.88 Å². The molecule has 0 aliphatic rings. The summed E-state index contributed by atoms with van der Waals surface area (Å²) in [5.74, 6) is -0.550. The van der Waals surface area contributed by atoms with E-state index >= 15 is 0 Å². The third-order valence-electron chi connectivity index (χ3n) is 4.33. The smallest absolute Gasteiger partial charge is 0.346 e. The molecule has 0 N–H and O–H groups in total. The summed E-state index contributed by atoms with van der Waals surface area (Å²) < 4.78 is 7.09. The molecule has 0 amide bonds. The Hall–Kier alpha value is -3.97. The summed E-state index contributed by atoms with van der Waals surface area (Å²) in [4.78, 5) is 23.0. The molecule has 0 aliphatic carbocycles. The number of esters is 1. The summed E-state index contributed by atoms with van der Waals surface area (Å²) in [5.41, 5.74) is 1.99. The first kappa shape index (κ1) is 19.4. The average molecular weight is 420 g/mol. The van der Waals surface area contributed by atoms with Gasteiger partial charge in [0.15, 0.2) is 0 Å². The normalized spacial score (nSPS) is 10.6. The van der Waals surface area contributed by atoms with Crippen molar-refractivity contribution < 1.29 is 14.5 Å². The molecule has 148 valence electrons. The number of nitro groups is 1. The monoisotopic (exact) mass is 419 g/mol. The molecule has 0 atom stereocenters. The Bertz CT molecular complexity index is 1220. The molecule has 0 spiro atoms. The van der Waals surface area contributed by atoms with Gasteiger partial charge in [-0.25, -0.2) is 9.48 Å². The summed E-state index contributed by atoms with van der Waals surface area (Å²) in [6.07, 6.45) is 0. The molecule has 8 heteroatoms. The van der Waals surface area contributed by atoms with Crippen LogP contribution in [-0.4, -0.2) is 20.7 Å². The van der Waals surface area contributed by atoms with Crippen molar-refractivity contribution in [1.29, 1.82) is 0 Å². The SMILES string of the molecule is O=C(Oc1cc(-c2ccccc2)nn1-c1ccccc1)c1ccc([N+](=O)[O-])cc1Cl. The van der Waals surface area contributed by atoms with Crippen LogP contribution in [0.4, 0.5) is 5.69 Å². The van der Waals surface area contributed by atoms with Crippen LogP contribution in [-0.2, 0) is 0 Å². The quantitative estimate of drug-likeness (QED) is 0.248. The lowest BCUT2D eigenvalue weighted by Crippen LogP contribution is -2.12. The van der Waals surface area contributed by atoms with Crippen LogP contribution < -0.4 is 4.74 Å². The fourth-order valence-corrected chi connectivity index (χ4v) is 3.13. The number of benzene rings is 3. The fraction of sp³-hybridized carbons (Fsp3) is 0. The van der Waals surface area contributed by atoms with Gasteiger partial charge in [-0.15, -0.1) is 0 Å². The van der Waals surface area contributed by atoms with Crippen LogP contribution in [0.1, 0.15) is 10.4 Å². The predicted octanol–water partition coefficient (Wildman–Crippen LogP) is 5.32. The van der Waals surface area contributed by atoms with E-state index in [1.54, 1.807) is 6.07 Å². The van der Waals surface area contributed by atoms with Crippen molar-refractivity contribution in [3.63, 3.8) is 0 Å². The summed E-state index contributed by atoms with van der Waals surface area (Å²) in [7, 11) is 0. The van der Waals surface area contributed by atoms with E-state index in [4.69, 9.17) is 16.3 Å². The van der Waals surface area contributed by atoms with Crippen molar-refractivity contribution in [2.24, 2.45) is 0 Å². The van der Waals surface area contributed by atoms with Gasteiger partial charge < -0.3 is 4.74 Å². The highest BCUT2D eigenvalue weighted by molar-refractivity contribution is 6.33. The molecule has 0 saturated carbocycles. The van der Waals surface area contributed by atoms with Crippen LogP contribution in [0.15, 0.2) is 84.9 Å². The number of carbonyl (C=O) groups is 1. The zero-order valence-electron chi connectivity index (χ0n) is 15.4. The maximum atomic E-state index is 12.7. The van der Waals surface area contributed by atoms with Gasteiger partial charge in [0.1, 0.15) is 0 Å². The second-order valence-electron chi connectivity index (χ2n) is 6.29. The van der Waals surface area contributed by atoms with Gasteiger partial charge in [0, 0.05) is 23.8 Å². The fourth-order valence-electron chi connectivity index (χ4n) is 2.87. The highest BCUT2D eigenvalue weighted by atomic mass is 35.5. The van der Waals surface area contributed by atoms with Crippen LogP contribution in [0.25, 0.3) is 16.9 Å². The van der Waals surface area contributed by atoms with Crippen molar-refractivity contribution in [3.8, 4) is 22.8 Å². The number of hydrogen-bond acceptors (Lipinski definition) is 5. The van der Waals surface area contributed by atoms with E-state index in [9.17, 15) is 14.9 Å². The third-order valence-corrected chi connectivity index (χ3v) is 4.64. The topological polar surface area (TPSA) is 87.3 Å². The lowest BCUT2D eigenvalue weighted by Gasteiger charge is -2.08. The van der Waals surface area contributed by atoms with Crippen LogP contribution in [0.2, 0.25) is 5.02 Å². The summed E-state index contributed by atoms with van der Waals surface area (Å²) >= 11 is 6.06. The van der Waals surface area contributed by atoms with E-state index in [1.165, 1.54) is 16.8 Å². The summed E-state index contributed by atoms with van der Waals surface area (Å²) in [6.45, 7) is 0. The molecular weight excluding hydrogens is 406 g/mol. The molecule has 4 rings (SSSR count). The van der Waals surface area contributed by atoms with Crippen molar-refractivity contribution in [2.45, 2.75) is 0 Å². The van der Waals surface area contributed by atoms with Gasteiger partial charge in [-0.05, 0) is 18.2 Å². The first-order valence-electron chi connectivity index (χ1n) is 8.90. The largest absolute Gasteiger partial charge is 0.404 e. The zero-order chi connectivity index (χ0) is 21.1. The number of hydrogen-bond donors (Lipinski definition) is 0. The number of nitro benzene ring substituents is 1. The Morgan fingerprint density at radius 1 is 0.967 bits per heavy atom. The van der Waals surface area contributed by atoms with Crippen molar-refractivity contribution in [3.05, 3.63) is 106 Å². The number of carbonyl (C=O) groups excluding carboxylic acids is 1. The van der Waals surface area contributed by atoms with Gasteiger partial charge in [-0.3, -0.25) is 10.1 Å². The van der Waals surface area contributed by atoms with Gasteiger partial charge in [-0.2, -0.15) is 5.10 Å². The number of halogens is 1. The minimum atomic E-state index is -0.744. The Kier molecular flexibility index (Phi) is 5.28. The number of ether oxygens (including phenoxy) is 1. The molecule has 0 fully saturated rings. The molecule has 0 bridgehead atoms. The van der Waals surface area contributed by atoms with E-state index in [-0.39, 0.29) is 22.2 Å². The van der Waals surface area contributed by atoms with Gasteiger partial charge in [0.25, 0.3) is 5.69 Å². The molecule has 4 aromatic rings. The van der Waals surface area contributed by atoms with E-state index in [2.05, 4.69) is 5.10 Å². The van der Waals surface area contributed by atoms with Gasteiger partial charge in [0.05, 0.1) is 26.9 Å². The van der Waals surface area contributed by atoms with Crippen LogP contribution in [0, 0.1) is 10.1 Å². The number of rotatable bonds is 5. The minimum absolute atomic E-state index is 0.0179. The van der Waals surface area contributed by atoms with Crippen molar-refractivity contribution in [2.75, 3.05) is 0 Å². The number of para-hydroxylation sites is 1. The number of aromatic nitrogens is 2. The standard InChI is InChI=1S/C22H14ClN3O4/c23-19-13-17(26(28)29)11-12-18(19)22(27)30-21-14-20(15-7-3-1-4-8-15)24-25(21)16-9-5-2-6-10-16/h1-14H. The molecule has 1 aromatic heterocycles. The highest BCUT2D eigenvalue weighted by Gasteiger charge is 2.20. The first-order chi connectivity index (χ1) is 14.5. The lowest BCUT2D eigenvalue weighted by atomic mass is 10.2. The summed E-state index contributed by atoms with van der Waals surface area (Å²) in [5, 5.41) is 15.4. The van der Waals surface area contributed by atoms with Gasteiger partial charge in [-0.1, -0.05) is 60.1 Å². The Morgan fingerprint density at radius 3 is 2.27 bits per heavy atom. The zero-order valence-corrected chi connectivity index (χ0v) is 16.2. The highest BCUT2D eigenvalue weighted by Crippen LogP contribution is 2.28.